The number of aromatic nitrogens is 2. The number of nitrogens with zero attached hydrogens (tertiary/aromatic N) is 1. The van der Waals surface area contributed by atoms with Gasteiger partial charge in [-0.2, -0.15) is 0 Å². The van der Waals surface area contributed by atoms with Crippen molar-refractivity contribution in [1.82, 2.24) is 15.3 Å². The van der Waals surface area contributed by atoms with Crippen molar-refractivity contribution in [3.05, 3.63) is 142 Å². The molecule has 222 valence electrons. The summed E-state index contributed by atoms with van der Waals surface area (Å²) in [6.45, 7) is 0.779. The van der Waals surface area contributed by atoms with E-state index in [0.717, 1.165) is 59.1 Å². The molecule has 45 heavy (non-hydrogen) atoms. The van der Waals surface area contributed by atoms with Crippen LogP contribution in [-0.4, -0.2) is 26.9 Å². The monoisotopic (exact) mass is 608 g/mol. The summed E-state index contributed by atoms with van der Waals surface area (Å²) in [5.41, 5.74) is 13.4. The van der Waals surface area contributed by atoms with Crippen LogP contribution < -0.4 is 11.1 Å². The third-order valence-electron chi connectivity index (χ3n) is 8.38. The van der Waals surface area contributed by atoms with Crippen LogP contribution in [-0.2, 0) is 19.4 Å². The zero-order valence-corrected chi connectivity index (χ0v) is 25.4. The molecular formula is C38H32N4O2S. The summed E-state index contributed by atoms with van der Waals surface area (Å²) < 4.78 is 0. The van der Waals surface area contributed by atoms with Gasteiger partial charge in [-0.25, -0.2) is 4.98 Å². The van der Waals surface area contributed by atoms with Crippen LogP contribution in [0.2, 0.25) is 0 Å². The van der Waals surface area contributed by atoms with Crippen LogP contribution in [0, 0.1) is 11.8 Å². The Morgan fingerprint density at radius 1 is 1.02 bits per heavy atom. The fraction of sp³-hybridized carbons (Fsp3) is 0.158. The van der Waals surface area contributed by atoms with Crippen molar-refractivity contribution in [3.63, 3.8) is 0 Å². The number of nitrogens with two attached hydrogens (primary N) is 1. The van der Waals surface area contributed by atoms with Crippen molar-refractivity contribution in [2.45, 2.75) is 38.0 Å². The number of carbonyl (C=O) groups is 1. The lowest BCUT2D eigenvalue weighted by atomic mass is 9.89. The number of benzene rings is 4. The van der Waals surface area contributed by atoms with Crippen molar-refractivity contribution in [1.29, 1.82) is 0 Å². The summed E-state index contributed by atoms with van der Waals surface area (Å²) in [6, 6.07) is 31.3. The number of H-pyrrole nitrogens is 1. The molecule has 6 aromatic rings. The molecule has 0 amide bonds. The van der Waals surface area contributed by atoms with Gasteiger partial charge in [0.05, 0.1) is 5.69 Å². The SMILES string of the molecule is Nc1nc2c(s1)CC(NCc1ccc(C#Cc3cccc(C(=O)C(O)c4ccccc4)c3-c3ccc4cc[nH]c4c3)cc1)CC2. The first-order valence-corrected chi connectivity index (χ1v) is 15.9. The van der Waals surface area contributed by atoms with Gasteiger partial charge >= 0.3 is 0 Å². The standard InChI is InChI=1S/C38H32N4O2S/c39-38-42-32-18-17-30(22-34(32)45-38)41-23-25-11-9-24(10-12-25)13-14-27-7-4-8-31(37(44)36(43)28-5-2-1-3-6-28)35(27)29-16-15-26-19-20-40-33(26)21-29/h1-12,15-16,19-21,30,36,40-41,43H,17-18,22-23H2,(H2,39,42). The molecule has 0 saturated heterocycles. The molecule has 5 N–H and O–H groups in total. The Kier molecular flexibility index (Phi) is 8.02. The quantitative estimate of drug-likeness (QED) is 0.117. The van der Waals surface area contributed by atoms with E-state index in [2.05, 4.69) is 39.3 Å². The lowest BCUT2D eigenvalue weighted by molar-refractivity contribution is 0.0748. The molecule has 2 atom stereocenters. The normalized spacial score (nSPS) is 14.8. The Labute approximate surface area is 266 Å². The van der Waals surface area contributed by atoms with Gasteiger partial charge < -0.3 is 21.1 Å². The molecule has 2 aromatic heterocycles. The maximum absolute atomic E-state index is 13.7. The number of rotatable bonds is 7. The van der Waals surface area contributed by atoms with Crippen LogP contribution in [0.4, 0.5) is 5.13 Å². The topological polar surface area (TPSA) is 104 Å². The minimum atomic E-state index is -1.28. The highest BCUT2D eigenvalue weighted by atomic mass is 32.1. The van der Waals surface area contributed by atoms with Gasteiger partial charge in [-0.05, 0) is 71.7 Å². The predicted molar refractivity (Wildman–Crippen MR) is 181 cm³/mol. The number of thiazole rings is 1. The van der Waals surface area contributed by atoms with Crippen LogP contribution in [0.15, 0.2) is 103 Å². The molecule has 4 aromatic carbocycles. The number of hydrogen-bond acceptors (Lipinski definition) is 6. The molecule has 0 saturated carbocycles. The summed E-state index contributed by atoms with van der Waals surface area (Å²) in [7, 11) is 0. The summed E-state index contributed by atoms with van der Waals surface area (Å²) in [5, 5.41) is 16.5. The van der Waals surface area contributed by atoms with Gasteiger partial charge in [0.25, 0.3) is 0 Å². The molecule has 2 unspecified atom stereocenters. The lowest BCUT2D eigenvalue weighted by Crippen LogP contribution is -2.33. The Bertz CT molecular complexity index is 2050. The van der Waals surface area contributed by atoms with E-state index >= 15 is 0 Å². The van der Waals surface area contributed by atoms with E-state index in [1.165, 1.54) is 10.4 Å². The highest BCUT2D eigenvalue weighted by molar-refractivity contribution is 7.15. The second-order valence-corrected chi connectivity index (χ2v) is 12.5. The smallest absolute Gasteiger partial charge is 0.196 e. The van der Waals surface area contributed by atoms with Gasteiger partial charge in [0.2, 0.25) is 0 Å². The number of nitrogens with one attached hydrogen (secondary N) is 2. The molecule has 0 bridgehead atoms. The predicted octanol–water partition coefficient (Wildman–Crippen LogP) is 6.84. The van der Waals surface area contributed by atoms with Crippen molar-refractivity contribution < 1.29 is 9.90 Å². The number of nitrogen functional groups attached to an aromatic ring is 1. The molecule has 2 heterocycles. The number of aliphatic hydroxyl groups is 1. The fourth-order valence-electron chi connectivity index (χ4n) is 5.99. The second kappa shape index (κ2) is 12.5. The van der Waals surface area contributed by atoms with Crippen molar-refractivity contribution >= 4 is 33.2 Å². The van der Waals surface area contributed by atoms with E-state index in [4.69, 9.17) is 5.73 Å². The lowest BCUT2D eigenvalue weighted by Gasteiger charge is -2.22. The molecule has 7 rings (SSSR count). The van der Waals surface area contributed by atoms with Crippen molar-refractivity contribution in [2.24, 2.45) is 0 Å². The first kappa shape index (κ1) is 28.8. The largest absolute Gasteiger partial charge is 0.380 e. The van der Waals surface area contributed by atoms with E-state index in [-0.39, 0.29) is 5.78 Å². The molecule has 0 aliphatic heterocycles. The van der Waals surface area contributed by atoms with Crippen LogP contribution in [0.1, 0.15) is 55.7 Å². The average Bonchev–Trinajstić information content (AvgIpc) is 3.71. The number of ketones is 1. The Morgan fingerprint density at radius 2 is 1.87 bits per heavy atom. The first-order chi connectivity index (χ1) is 22.0. The number of aliphatic hydroxyl groups excluding tert-OH is 1. The third-order valence-corrected chi connectivity index (χ3v) is 9.33. The van der Waals surface area contributed by atoms with Crippen LogP contribution in [0.5, 0.6) is 0 Å². The molecule has 0 radical (unpaired) electrons. The Hall–Kier alpha value is -5.00. The summed E-state index contributed by atoms with van der Waals surface area (Å²) in [4.78, 5) is 22.7. The number of aryl methyl sites for hydroxylation is 1. The number of aromatic amines is 1. The van der Waals surface area contributed by atoms with Gasteiger partial charge in [-0.1, -0.05) is 78.6 Å². The summed E-state index contributed by atoms with van der Waals surface area (Å²) in [6.07, 6.45) is 3.61. The van der Waals surface area contributed by atoms with Gasteiger partial charge in [0.15, 0.2) is 10.9 Å². The van der Waals surface area contributed by atoms with Crippen LogP contribution >= 0.6 is 11.3 Å². The van der Waals surface area contributed by atoms with E-state index < -0.39 is 6.10 Å². The van der Waals surface area contributed by atoms with E-state index in [9.17, 15) is 9.90 Å². The molecule has 7 heteroatoms. The minimum absolute atomic E-state index is 0.365. The van der Waals surface area contributed by atoms with Crippen LogP contribution in [0.25, 0.3) is 22.0 Å². The van der Waals surface area contributed by atoms with E-state index in [1.54, 1.807) is 29.5 Å². The van der Waals surface area contributed by atoms with Crippen molar-refractivity contribution in [3.8, 4) is 23.0 Å². The fourth-order valence-corrected chi connectivity index (χ4v) is 6.95. The van der Waals surface area contributed by atoms with E-state index in [1.807, 2.05) is 72.9 Å². The van der Waals surface area contributed by atoms with Gasteiger partial charge in [-0.3, -0.25) is 4.79 Å². The van der Waals surface area contributed by atoms with E-state index in [0.29, 0.717) is 27.9 Å². The molecule has 1 aliphatic carbocycles. The van der Waals surface area contributed by atoms with Gasteiger partial charge in [0, 0.05) is 51.4 Å². The Balaban J connectivity index is 1.14. The molecule has 0 spiro atoms. The van der Waals surface area contributed by atoms with Gasteiger partial charge in [0.1, 0.15) is 6.10 Å². The highest BCUT2D eigenvalue weighted by Gasteiger charge is 2.24. The summed E-state index contributed by atoms with van der Waals surface area (Å²) in [5.74, 6) is 6.28. The number of Topliss-reactive ketones (excluding diaryl/α,β-unsaturated/α-hetero) is 1. The number of anilines is 1. The zero-order chi connectivity index (χ0) is 30.8. The molecule has 0 fully saturated rings. The number of fused-ring (bicyclic) bond motifs is 2. The average molecular weight is 609 g/mol. The first-order valence-electron chi connectivity index (χ1n) is 15.1. The summed E-state index contributed by atoms with van der Waals surface area (Å²) >= 11 is 1.60. The maximum Gasteiger partial charge on any atom is 0.196 e. The maximum atomic E-state index is 13.7. The molecular weight excluding hydrogens is 577 g/mol. The number of carbonyl (C=O) groups excluding carboxylic acids is 1. The van der Waals surface area contributed by atoms with Crippen LogP contribution in [0.3, 0.4) is 0 Å². The highest BCUT2D eigenvalue weighted by Crippen LogP contribution is 2.33. The van der Waals surface area contributed by atoms with Crippen molar-refractivity contribution in [2.75, 3.05) is 5.73 Å². The number of hydrogen-bond donors (Lipinski definition) is 4. The zero-order valence-electron chi connectivity index (χ0n) is 24.6. The third kappa shape index (κ3) is 6.17. The second-order valence-electron chi connectivity index (χ2n) is 11.4. The minimum Gasteiger partial charge on any atom is -0.380 e. The Morgan fingerprint density at radius 3 is 2.71 bits per heavy atom. The molecule has 6 nitrogen and oxygen atoms in total. The van der Waals surface area contributed by atoms with Gasteiger partial charge in [-0.15, -0.1) is 11.3 Å². The molecule has 1 aliphatic rings.